The van der Waals surface area contributed by atoms with Gasteiger partial charge in [0.1, 0.15) is 0 Å². The van der Waals surface area contributed by atoms with Gasteiger partial charge in [0.15, 0.2) is 5.13 Å². The molecule has 0 amide bonds. The summed E-state index contributed by atoms with van der Waals surface area (Å²) >= 11 is 1.73. The van der Waals surface area contributed by atoms with E-state index in [1.54, 1.807) is 11.3 Å². The van der Waals surface area contributed by atoms with Crippen molar-refractivity contribution in [1.29, 1.82) is 0 Å². The van der Waals surface area contributed by atoms with E-state index in [9.17, 15) is 0 Å². The van der Waals surface area contributed by atoms with Gasteiger partial charge in [-0.1, -0.05) is 6.92 Å². The van der Waals surface area contributed by atoms with Gasteiger partial charge in [-0.15, -0.1) is 21.5 Å². The first-order valence-corrected chi connectivity index (χ1v) is 8.26. The van der Waals surface area contributed by atoms with Crippen molar-refractivity contribution in [3.05, 3.63) is 22.9 Å². The fourth-order valence-electron chi connectivity index (χ4n) is 2.62. The second-order valence-corrected chi connectivity index (χ2v) is 6.33. The van der Waals surface area contributed by atoms with E-state index in [4.69, 9.17) is 4.42 Å². The molecule has 6 nitrogen and oxygen atoms in total. The highest BCUT2D eigenvalue weighted by Crippen LogP contribution is 2.24. The Kier molecular flexibility index (Phi) is 4.21. The number of aryl methyl sites for hydroxylation is 2. The molecule has 1 atom stereocenters. The number of nitrogens with zero attached hydrogens (tertiary/aromatic N) is 5. The van der Waals surface area contributed by atoms with Crippen molar-refractivity contribution in [2.45, 2.75) is 39.8 Å². The zero-order valence-electron chi connectivity index (χ0n) is 12.7. The molecule has 1 saturated heterocycles. The topological polar surface area (TPSA) is 58.3 Å². The SMILES string of the molecule is CCc1nnc(CN2CCN(c3nc(C)cs3)C(C)C2)o1. The van der Waals surface area contributed by atoms with Gasteiger partial charge in [0.2, 0.25) is 11.8 Å². The number of rotatable bonds is 4. The molecule has 21 heavy (non-hydrogen) atoms. The van der Waals surface area contributed by atoms with Crippen LogP contribution in [-0.2, 0) is 13.0 Å². The molecule has 2 aromatic rings. The minimum atomic E-state index is 0.442. The molecule has 3 heterocycles. The first kappa shape index (κ1) is 14.5. The van der Waals surface area contributed by atoms with Crippen LogP contribution in [0.1, 0.15) is 31.3 Å². The van der Waals surface area contributed by atoms with Gasteiger partial charge in [-0.2, -0.15) is 0 Å². The van der Waals surface area contributed by atoms with Gasteiger partial charge < -0.3 is 9.32 Å². The minimum absolute atomic E-state index is 0.442. The third kappa shape index (κ3) is 3.24. The number of aromatic nitrogens is 3. The zero-order valence-corrected chi connectivity index (χ0v) is 13.6. The standard InChI is InChI=1S/C14H21N5OS/c1-4-12-16-17-13(20-12)8-18-5-6-19(11(3)7-18)14-15-10(2)9-21-14/h9,11H,4-8H2,1-3H3. The average molecular weight is 307 g/mol. The normalized spacial score (nSPS) is 20.1. The second kappa shape index (κ2) is 6.11. The Hall–Kier alpha value is -1.47. The maximum Gasteiger partial charge on any atom is 0.230 e. The van der Waals surface area contributed by atoms with Crippen LogP contribution in [0.5, 0.6) is 0 Å². The lowest BCUT2D eigenvalue weighted by molar-refractivity contribution is 0.200. The van der Waals surface area contributed by atoms with E-state index >= 15 is 0 Å². The molecule has 0 bridgehead atoms. The van der Waals surface area contributed by atoms with Crippen molar-refractivity contribution in [1.82, 2.24) is 20.1 Å². The van der Waals surface area contributed by atoms with E-state index in [1.165, 1.54) is 0 Å². The molecule has 0 radical (unpaired) electrons. The summed E-state index contributed by atoms with van der Waals surface area (Å²) in [7, 11) is 0. The third-order valence-electron chi connectivity index (χ3n) is 3.73. The van der Waals surface area contributed by atoms with Gasteiger partial charge >= 0.3 is 0 Å². The number of hydrogen-bond donors (Lipinski definition) is 0. The minimum Gasteiger partial charge on any atom is -0.424 e. The molecule has 7 heteroatoms. The fraction of sp³-hybridized carbons (Fsp3) is 0.643. The fourth-order valence-corrected chi connectivity index (χ4v) is 3.55. The van der Waals surface area contributed by atoms with Crippen LogP contribution in [-0.4, -0.2) is 45.8 Å². The van der Waals surface area contributed by atoms with Gasteiger partial charge in [0.05, 0.1) is 12.2 Å². The van der Waals surface area contributed by atoms with Gasteiger partial charge in [-0.05, 0) is 13.8 Å². The molecule has 3 rings (SSSR count). The Morgan fingerprint density at radius 3 is 2.76 bits per heavy atom. The first-order valence-electron chi connectivity index (χ1n) is 7.38. The maximum atomic E-state index is 5.60. The predicted octanol–water partition coefficient (Wildman–Crippen LogP) is 2.11. The van der Waals surface area contributed by atoms with Gasteiger partial charge in [-0.25, -0.2) is 4.98 Å². The Labute approximate surface area is 128 Å². The Balaban J connectivity index is 1.60. The first-order chi connectivity index (χ1) is 10.2. The summed E-state index contributed by atoms with van der Waals surface area (Å²) in [5.74, 6) is 1.44. The second-order valence-electron chi connectivity index (χ2n) is 5.49. The highest BCUT2D eigenvalue weighted by molar-refractivity contribution is 7.13. The molecular weight excluding hydrogens is 286 g/mol. The van der Waals surface area contributed by atoms with Crippen LogP contribution in [0.25, 0.3) is 0 Å². The summed E-state index contributed by atoms with van der Waals surface area (Å²) in [5, 5.41) is 11.4. The van der Waals surface area contributed by atoms with E-state index in [-0.39, 0.29) is 0 Å². The Morgan fingerprint density at radius 2 is 2.14 bits per heavy atom. The summed E-state index contributed by atoms with van der Waals surface area (Å²) in [6, 6.07) is 0.442. The summed E-state index contributed by atoms with van der Waals surface area (Å²) in [5.41, 5.74) is 1.10. The van der Waals surface area contributed by atoms with Crippen LogP contribution >= 0.6 is 11.3 Å². The van der Waals surface area contributed by atoms with E-state index < -0.39 is 0 Å². The molecule has 2 aromatic heterocycles. The molecule has 0 spiro atoms. The lowest BCUT2D eigenvalue weighted by Gasteiger charge is -2.39. The number of thiazole rings is 1. The quantitative estimate of drug-likeness (QED) is 0.862. The maximum absolute atomic E-state index is 5.60. The molecule has 1 unspecified atom stereocenters. The molecule has 0 aromatic carbocycles. The summed E-state index contributed by atoms with van der Waals surface area (Å²) < 4.78 is 5.60. The van der Waals surface area contributed by atoms with Gasteiger partial charge in [0, 0.05) is 37.5 Å². The average Bonchev–Trinajstić information content (AvgIpc) is 3.08. The highest BCUT2D eigenvalue weighted by Gasteiger charge is 2.26. The van der Waals surface area contributed by atoms with Crippen LogP contribution in [0.4, 0.5) is 5.13 Å². The highest BCUT2D eigenvalue weighted by atomic mass is 32.1. The lowest BCUT2D eigenvalue weighted by atomic mass is 10.2. The molecule has 0 saturated carbocycles. The molecule has 1 aliphatic heterocycles. The van der Waals surface area contributed by atoms with Crippen LogP contribution in [0.3, 0.4) is 0 Å². The summed E-state index contributed by atoms with van der Waals surface area (Å²) in [6.07, 6.45) is 0.792. The molecule has 1 fully saturated rings. The van der Waals surface area contributed by atoms with E-state index in [0.717, 1.165) is 55.2 Å². The monoisotopic (exact) mass is 307 g/mol. The van der Waals surface area contributed by atoms with Crippen molar-refractivity contribution in [2.24, 2.45) is 0 Å². The van der Waals surface area contributed by atoms with E-state index in [2.05, 4.69) is 37.3 Å². The smallest absolute Gasteiger partial charge is 0.230 e. The predicted molar refractivity (Wildman–Crippen MR) is 82.6 cm³/mol. The van der Waals surface area contributed by atoms with Crippen molar-refractivity contribution < 1.29 is 4.42 Å². The number of piperazine rings is 1. The Morgan fingerprint density at radius 1 is 1.33 bits per heavy atom. The molecule has 0 aliphatic carbocycles. The van der Waals surface area contributed by atoms with Crippen LogP contribution < -0.4 is 4.90 Å². The number of anilines is 1. The van der Waals surface area contributed by atoms with Crippen molar-refractivity contribution in [3.8, 4) is 0 Å². The lowest BCUT2D eigenvalue weighted by Crippen LogP contribution is -2.51. The zero-order chi connectivity index (χ0) is 14.8. The molecule has 114 valence electrons. The third-order valence-corrected chi connectivity index (χ3v) is 4.73. The molecular formula is C14H21N5OS. The molecule has 1 aliphatic rings. The van der Waals surface area contributed by atoms with Gasteiger partial charge in [-0.3, -0.25) is 4.90 Å². The van der Waals surface area contributed by atoms with Crippen molar-refractivity contribution >= 4 is 16.5 Å². The van der Waals surface area contributed by atoms with Crippen LogP contribution in [0.15, 0.2) is 9.80 Å². The number of hydrogen-bond acceptors (Lipinski definition) is 7. The summed E-state index contributed by atoms with van der Waals surface area (Å²) in [6.45, 7) is 10.0. The van der Waals surface area contributed by atoms with Crippen molar-refractivity contribution in [2.75, 3.05) is 24.5 Å². The largest absolute Gasteiger partial charge is 0.424 e. The summed E-state index contributed by atoms with van der Waals surface area (Å²) in [4.78, 5) is 9.35. The van der Waals surface area contributed by atoms with Crippen LogP contribution in [0, 0.1) is 6.92 Å². The molecule has 0 N–H and O–H groups in total. The Bertz CT molecular complexity index is 596. The van der Waals surface area contributed by atoms with Gasteiger partial charge in [0.25, 0.3) is 0 Å². The van der Waals surface area contributed by atoms with Crippen LogP contribution in [0.2, 0.25) is 0 Å². The van der Waals surface area contributed by atoms with Crippen molar-refractivity contribution in [3.63, 3.8) is 0 Å². The van der Waals surface area contributed by atoms with E-state index in [0.29, 0.717) is 6.04 Å². The van der Waals surface area contributed by atoms with E-state index in [1.807, 2.05) is 13.8 Å².